The third kappa shape index (κ3) is 4.74. The zero-order valence-corrected chi connectivity index (χ0v) is 22.6. The highest BCUT2D eigenvalue weighted by Gasteiger charge is 2.31. The van der Waals surface area contributed by atoms with E-state index in [2.05, 4.69) is 21.4 Å². The van der Waals surface area contributed by atoms with E-state index in [9.17, 15) is 10.2 Å². The number of nitrogens with zero attached hydrogens (tertiary/aromatic N) is 3. The zero-order valence-electron chi connectivity index (χ0n) is 20.3. The summed E-state index contributed by atoms with van der Waals surface area (Å²) < 4.78 is 0. The molecule has 1 aromatic heterocycles. The minimum Gasteiger partial charge on any atom is -0.386 e. The molecule has 3 N–H and O–H groups in total. The predicted octanol–water partition coefficient (Wildman–Crippen LogP) is 7.16. The lowest BCUT2D eigenvalue weighted by Gasteiger charge is -2.31. The molecule has 9 heteroatoms. The van der Waals surface area contributed by atoms with Gasteiger partial charge in [-0.15, -0.1) is 11.3 Å². The van der Waals surface area contributed by atoms with Gasteiger partial charge in [-0.2, -0.15) is 0 Å². The molecule has 0 aliphatic carbocycles. The lowest BCUT2D eigenvalue weighted by molar-refractivity contribution is 0.0779. The van der Waals surface area contributed by atoms with Gasteiger partial charge in [-0.1, -0.05) is 29.3 Å². The molecule has 0 saturated carbocycles. The summed E-state index contributed by atoms with van der Waals surface area (Å²) in [6.45, 7) is 6.84. The number of aliphatic imine (C=N–C) groups is 2. The summed E-state index contributed by atoms with van der Waals surface area (Å²) >= 11 is 14.6. The third-order valence-corrected chi connectivity index (χ3v) is 7.97. The lowest BCUT2D eigenvalue weighted by atomic mass is 9.83. The molecule has 0 saturated heterocycles. The fourth-order valence-corrected chi connectivity index (χ4v) is 5.67. The second-order valence-electron chi connectivity index (χ2n) is 10.0. The van der Waals surface area contributed by atoms with Gasteiger partial charge in [-0.3, -0.25) is 4.99 Å². The van der Waals surface area contributed by atoms with Crippen LogP contribution < -0.4 is 5.32 Å². The zero-order chi connectivity index (χ0) is 25.8. The van der Waals surface area contributed by atoms with Gasteiger partial charge in [0.15, 0.2) is 0 Å². The second-order valence-corrected chi connectivity index (χ2v) is 11.7. The summed E-state index contributed by atoms with van der Waals surface area (Å²) in [5, 5.41) is 27.5. The molecule has 2 aliphatic heterocycles. The average Bonchev–Trinajstić information content (AvgIpc) is 3.31. The van der Waals surface area contributed by atoms with Gasteiger partial charge < -0.3 is 15.5 Å². The smallest absolute Gasteiger partial charge is 0.124 e. The Morgan fingerprint density at radius 3 is 2.42 bits per heavy atom. The number of hydrogen-bond donors (Lipinski definition) is 3. The van der Waals surface area contributed by atoms with Crippen LogP contribution in [0.5, 0.6) is 0 Å². The summed E-state index contributed by atoms with van der Waals surface area (Å²) in [5.41, 5.74) is 3.78. The number of fused-ring (bicyclic) bond motifs is 3. The van der Waals surface area contributed by atoms with Crippen molar-refractivity contribution in [2.75, 3.05) is 5.32 Å². The minimum atomic E-state index is -1.07. The number of anilines is 1. The van der Waals surface area contributed by atoms with E-state index >= 15 is 0 Å². The number of thiazole rings is 1. The fourth-order valence-electron chi connectivity index (χ4n) is 4.25. The van der Waals surface area contributed by atoms with Crippen molar-refractivity contribution in [1.29, 1.82) is 0 Å². The first-order valence-electron chi connectivity index (χ1n) is 11.5. The Bertz CT molecular complexity index is 1420. The average molecular weight is 542 g/mol. The number of nitrogens with one attached hydrogen (secondary N) is 1. The predicted molar refractivity (Wildman–Crippen MR) is 150 cm³/mol. The molecule has 186 valence electrons. The van der Waals surface area contributed by atoms with Crippen LogP contribution in [-0.2, 0) is 11.2 Å². The van der Waals surface area contributed by atoms with E-state index in [1.165, 1.54) is 11.3 Å². The molecule has 5 rings (SSSR count). The first kappa shape index (κ1) is 25.1. The second kappa shape index (κ2) is 9.08. The summed E-state index contributed by atoms with van der Waals surface area (Å²) in [4.78, 5) is 13.9. The maximum atomic E-state index is 10.4. The van der Waals surface area contributed by atoms with Gasteiger partial charge >= 0.3 is 0 Å². The van der Waals surface area contributed by atoms with Crippen molar-refractivity contribution >= 4 is 63.5 Å². The standard InChI is InChI=1S/C27H26Cl2N4O2S/c1-26(2,34)15-10-19(28)23(20(29)11-15)33-24-16-7-8-30-12-18(16)17-9-14(5-6-21(17)31-24)22-13-36-25(32-22)27(3,4)35/h5-6,8-13,16,34-35H,7H2,1-4H3,(H,31,33). The number of rotatable bonds is 4. The number of hydrogen-bond acceptors (Lipinski definition) is 6. The normalized spacial score (nSPS) is 18.5. The Morgan fingerprint density at radius 1 is 1.06 bits per heavy atom. The van der Waals surface area contributed by atoms with Crippen molar-refractivity contribution < 1.29 is 10.2 Å². The summed E-state index contributed by atoms with van der Waals surface area (Å²) in [6.07, 6.45) is 4.42. The Morgan fingerprint density at radius 2 is 1.78 bits per heavy atom. The Balaban J connectivity index is 1.55. The minimum absolute atomic E-state index is 0.0475. The van der Waals surface area contributed by atoms with E-state index in [4.69, 9.17) is 28.2 Å². The number of aliphatic hydroxyl groups is 2. The van der Waals surface area contributed by atoms with E-state index in [1.807, 2.05) is 29.9 Å². The Hall–Kier alpha value is -2.55. The molecular formula is C27H26Cl2N4O2S. The number of aromatic nitrogens is 1. The van der Waals surface area contributed by atoms with Crippen molar-refractivity contribution in [2.24, 2.45) is 15.9 Å². The van der Waals surface area contributed by atoms with Crippen LogP contribution >= 0.6 is 34.5 Å². The molecule has 2 aromatic carbocycles. The Labute approximate surface area is 224 Å². The first-order chi connectivity index (χ1) is 16.9. The molecule has 3 heterocycles. The van der Waals surface area contributed by atoms with Crippen molar-refractivity contribution in [3.8, 4) is 11.3 Å². The SMILES string of the molecule is CC(C)(O)c1cc(Cl)c(N=C2Nc3ccc(-c4csc(C(C)(C)O)n4)cc3C3=CN=CCC32)c(Cl)c1. The maximum absolute atomic E-state index is 10.4. The molecule has 0 bridgehead atoms. The maximum Gasteiger partial charge on any atom is 0.124 e. The van der Waals surface area contributed by atoms with Gasteiger partial charge in [-0.25, -0.2) is 9.98 Å². The van der Waals surface area contributed by atoms with E-state index in [1.54, 1.807) is 39.8 Å². The van der Waals surface area contributed by atoms with Gasteiger partial charge in [-0.05, 0) is 69.5 Å². The summed E-state index contributed by atoms with van der Waals surface area (Å²) in [7, 11) is 0. The fraction of sp³-hybridized carbons (Fsp3) is 0.296. The number of benzene rings is 2. The van der Waals surface area contributed by atoms with E-state index in [-0.39, 0.29) is 5.92 Å². The van der Waals surface area contributed by atoms with Crippen molar-refractivity contribution in [2.45, 2.75) is 45.3 Å². The van der Waals surface area contributed by atoms with E-state index in [0.29, 0.717) is 32.7 Å². The van der Waals surface area contributed by atoms with E-state index in [0.717, 1.165) is 33.9 Å². The van der Waals surface area contributed by atoms with E-state index < -0.39 is 11.2 Å². The lowest BCUT2D eigenvalue weighted by Crippen LogP contribution is -2.30. The highest BCUT2D eigenvalue weighted by molar-refractivity contribution is 7.10. The summed E-state index contributed by atoms with van der Waals surface area (Å²) in [6, 6.07) is 9.49. The molecule has 1 atom stereocenters. The van der Waals surface area contributed by atoms with Crippen LogP contribution in [0.15, 0.2) is 51.9 Å². The molecule has 0 amide bonds. The highest BCUT2D eigenvalue weighted by Crippen LogP contribution is 2.43. The van der Waals surface area contributed by atoms with Crippen LogP contribution in [0.2, 0.25) is 10.0 Å². The van der Waals surface area contributed by atoms with Crippen LogP contribution in [0.25, 0.3) is 16.8 Å². The van der Waals surface area contributed by atoms with Gasteiger partial charge in [0.2, 0.25) is 0 Å². The van der Waals surface area contributed by atoms with Crippen LogP contribution in [0, 0.1) is 5.92 Å². The van der Waals surface area contributed by atoms with Gasteiger partial charge in [0, 0.05) is 40.5 Å². The quantitative estimate of drug-likeness (QED) is 0.327. The molecule has 0 radical (unpaired) electrons. The number of amidine groups is 1. The van der Waals surface area contributed by atoms with Crippen LogP contribution in [0.3, 0.4) is 0 Å². The number of halogens is 2. The molecule has 3 aromatic rings. The molecule has 36 heavy (non-hydrogen) atoms. The first-order valence-corrected chi connectivity index (χ1v) is 13.2. The van der Waals surface area contributed by atoms with Gasteiger partial charge in [0.25, 0.3) is 0 Å². The molecule has 0 spiro atoms. The van der Waals surface area contributed by atoms with Gasteiger partial charge in [0.05, 0.1) is 21.3 Å². The topological polar surface area (TPSA) is 90.1 Å². The Kier molecular flexibility index (Phi) is 6.34. The van der Waals surface area contributed by atoms with Crippen molar-refractivity contribution in [3.05, 3.63) is 68.1 Å². The largest absolute Gasteiger partial charge is 0.386 e. The monoisotopic (exact) mass is 540 g/mol. The molecular weight excluding hydrogens is 515 g/mol. The molecule has 1 unspecified atom stereocenters. The van der Waals surface area contributed by atoms with Crippen LogP contribution in [-0.4, -0.2) is 27.2 Å². The molecule has 0 fully saturated rings. The van der Waals surface area contributed by atoms with Crippen LogP contribution in [0.1, 0.15) is 50.3 Å². The summed E-state index contributed by atoms with van der Waals surface area (Å²) in [5.74, 6) is 0.680. The highest BCUT2D eigenvalue weighted by atomic mass is 35.5. The van der Waals surface area contributed by atoms with Crippen molar-refractivity contribution in [1.82, 2.24) is 4.98 Å². The van der Waals surface area contributed by atoms with Crippen LogP contribution in [0.4, 0.5) is 11.4 Å². The van der Waals surface area contributed by atoms with Crippen molar-refractivity contribution in [3.63, 3.8) is 0 Å². The molecule has 2 aliphatic rings. The molecule has 6 nitrogen and oxygen atoms in total. The third-order valence-electron chi connectivity index (χ3n) is 6.24. The van der Waals surface area contributed by atoms with Gasteiger partial charge in [0.1, 0.15) is 22.1 Å².